The quantitative estimate of drug-likeness (QED) is 0.637. The zero-order valence-corrected chi connectivity index (χ0v) is 10.2. The Labute approximate surface area is 107 Å². The highest BCUT2D eigenvalue weighted by atomic mass is 16.5. The fourth-order valence-electron chi connectivity index (χ4n) is 2.06. The first-order valence-electron chi connectivity index (χ1n) is 5.73. The topological polar surface area (TPSA) is 65.6 Å². The minimum absolute atomic E-state index is 0.187. The molecule has 0 saturated heterocycles. The van der Waals surface area contributed by atoms with Gasteiger partial charge in [-0.25, -0.2) is 4.68 Å². The molecule has 0 saturated carbocycles. The average Bonchev–Trinajstić information content (AvgIpc) is 2.81. The maximum Gasteiger partial charge on any atom is 0.327 e. The fraction of sp³-hybridized carbons (Fsp3) is 0.154. The van der Waals surface area contributed by atoms with Crippen LogP contribution in [-0.2, 0) is 16.1 Å². The number of ether oxygens (including phenoxy) is 1. The van der Waals surface area contributed by atoms with E-state index < -0.39 is 5.97 Å². The number of carbonyl (C=O) groups is 1. The summed E-state index contributed by atoms with van der Waals surface area (Å²) in [6.45, 7) is -0.187. The van der Waals surface area contributed by atoms with Crippen LogP contribution in [0.2, 0.25) is 0 Å². The van der Waals surface area contributed by atoms with Gasteiger partial charge in [0.25, 0.3) is 5.56 Å². The third-order valence-corrected chi connectivity index (χ3v) is 3.01. The van der Waals surface area contributed by atoms with Crippen LogP contribution in [0.5, 0.6) is 0 Å². The van der Waals surface area contributed by atoms with E-state index in [0.717, 1.165) is 15.6 Å². The van der Waals surface area contributed by atoms with Crippen molar-refractivity contribution >= 4 is 22.4 Å². The number of aromatic nitrogens is 3. The molecule has 96 valence electrons. The van der Waals surface area contributed by atoms with Crippen LogP contribution in [0.4, 0.5) is 0 Å². The minimum atomic E-state index is -0.505. The average molecular weight is 257 g/mol. The Morgan fingerprint density at radius 2 is 2.11 bits per heavy atom. The van der Waals surface area contributed by atoms with Gasteiger partial charge in [-0.3, -0.25) is 14.0 Å². The van der Waals surface area contributed by atoms with Crippen LogP contribution in [0.25, 0.3) is 16.4 Å². The van der Waals surface area contributed by atoms with E-state index in [1.54, 1.807) is 10.5 Å². The standard InChI is InChI=1S/C13H11N3O3/c1-19-12(17)7-16-13(18)11-6-9-4-2-3-5-10(9)15(11)8-14-16/h2-6,8H,7H2,1H3. The summed E-state index contributed by atoms with van der Waals surface area (Å²) in [5, 5.41) is 4.94. The number of fused-ring (bicyclic) bond motifs is 3. The van der Waals surface area contributed by atoms with Crippen LogP contribution in [0.3, 0.4) is 0 Å². The molecule has 0 bridgehead atoms. The molecule has 3 aromatic rings. The Hall–Kier alpha value is -2.63. The summed E-state index contributed by atoms with van der Waals surface area (Å²) in [4.78, 5) is 23.4. The minimum Gasteiger partial charge on any atom is -0.468 e. The summed E-state index contributed by atoms with van der Waals surface area (Å²) in [6.07, 6.45) is 1.53. The van der Waals surface area contributed by atoms with Gasteiger partial charge in [-0.05, 0) is 12.1 Å². The lowest BCUT2D eigenvalue weighted by Crippen LogP contribution is -2.28. The van der Waals surface area contributed by atoms with Crippen LogP contribution in [0.1, 0.15) is 0 Å². The highest BCUT2D eigenvalue weighted by Crippen LogP contribution is 2.16. The molecular formula is C13H11N3O3. The SMILES string of the molecule is COC(=O)Cn1ncn2c(cc3ccccc32)c1=O. The van der Waals surface area contributed by atoms with Crippen molar-refractivity contribution in [3.8, 4) is 0 Å². The van der Waals surface area contributed by atoms with Gasteiger partial charge in [0, 0.05) is 5.39 Å². The van der Waals surface area contributed by atoms with E-state index in [1.807, 2.05) is 24.3 Å². The smallest absolute Gasteiger partial charge is 0.327 e. The van der Waals surface area contributed by atoms with E-state index in [9.17, 15) is 9.59 Å². The van der Waals surface area contributed by atoms with Gasteiger partial charge in [-0.2, -0.15) is 5.10 Å². The second kappa shape index (κ2) is 4.24. The van der Waals surface area contributed by atoms with E-state index in [4.69, 9.17) is 0 Å². The molecule has 0 aliphatic heterocycles. The molecule has 0 spiro atoms. The zero-order valence-electron chi connectivity index (χ0n) is 10.2. The summed E-state index contributed by atoms with van der Waals surface area (Å²) >= 11 is 0. The van der Waals surface area contributed by atoms with Crippen molar-refractivity contribution in [2.75, 3.05) is 7.11 Å². The molecule has 1 aromatic carbocycles. The number of esters is 1. The van der Waals surface area contributed by atoms with Gasteiger partial charge in [0.2, 0.25) is 0 Å². The molecule has 0 fully saturated rings. The molecule has 0 N–H and O–H groups in total. The molecule has 6 heteroatoms. The first-order chi connectivity index (χ1) is 9.20. The molecule has 2 heterocycles. The zero-order chi connectivity index (χ0) is 13.4. The highest BCUT2D eigenvalue weighted by molar-refractivity contribution is 5.86. The molecule has 2 aromatic heterocycles. The first kappa shape index (κ1) is 11.5. The molecule has 0 unspecified atom stereocenters. The molecule has 0 atom stereocenters. The van der Waals surface area contributed by atoms with Crippen molar-refractivity contribution < 1.29 is 9.53 Å². The lowest BCUT2D eigenvalue weighted by molar-refractivity contribution is -0.141. The van der Waals surface area contributed by atoms with Gasteiger partial charge in [0.15, 0.2) is 0 Å². The fourth-order valence-corrected chi connectivity index (χ4v) is 2.06. The lowest BCUT2D eigenvalue weighted by Gasteiger charge is -2.03. The number of para-hydroxylation sites is 1. The van der Waals surface area contributed by atoms with Gasteiger partial charge in [0.1, 0.15) is 18.4 Å². The van der Waals surface area contributed by atoms with Crippen molar-refractivity contribution in [3.05, 3.63) is 47.0 Å². The van der Waals surface area contributed by atoms with Crippen molar-refractivity contribution in [1.82, 2.24) is 14.2 Å². The maximum atomic E-state index is 12.2. The Morgan fingerprint density at radius 1 is 1.32 bits per heavy atom. The molecule has 19 heavy (non-hydrogen) atoms. The van der Waals surface area contributed by atoms with E-state index in [1.165, 1.54) is 13.4 Å². The number of benzene rings is 1. The monoisotopic (exact) mass is 257 g/mol. The Kier molecular flexibility index (Phi) is 2.56. The lowest BCUT2D eigenvalue weighted by atomic mass is 10.2. The van der Waals surface area contributed by atoms with Crippen molar-refractivity contribution in [2.45, 2.75) is 6.54 Å². The van der Waals surface area contributed by atoms with Gasteiger partial charge in [0.05, 0.1) is 12.6 Å². The molecule has 3 rings (SSSR count). The molecule has 6 nitrogen and oxygen atoms in total. The van der Waals surface area contributed by atoms with Gasteiger partial charge < -0.3 is 4.74 Å². The number of methoxy groups -OCH3 is 1. The number of hydrogen-bond donors (Lipinski definition) is 0. The van der Waals surface area contributed by atoms with E-state index in [0.29, 0.717) is 5.52 Å². The molecule has 0 amide bonds. The largest absolute Gasteiger partial charge is 0.468 e. The first-order valence-corrected chi connectivity index (χ1v) is 5.73. The van der Waals surface area contributed by atoms with E-state index in [2.05, 4.69) is 9.84 Å². The van der Waals surface area contributed by atoms with Gasteiger partial charge in [-0.15, -0.1) is 0 Å². The normalized spacial score (nSPS) is 11.0. The van der Waals surface area contributed by atoms with E-state index >= 15 is 0 Å². The third kappa shape index (κ3) is 1.77. The number of carbonyl (C=O) groups excluding carboxylic acids is 1. The number of rotatable bonds is 2. The second-order valence-electron chi connectivity index (χ2n) is 4.13. The van der Waals surface area contributed by atoms with Crippen LogP contribution < -0.4 is 5.56 Å². The number of hydrogen-bond acceptors (Lipinski definition) is 4. The third-order valence-electron chi connectivity index (χ3n) is 3.01. The van der Waals surface area contributed by atoms with Crippen LogP contribution in [-0.4, -0.2) is 27.3 Å². The molecule has 0 radical (unpaired) electrons. The summed E-state index contributed by atoms with van der Waals surface area (Å²) < 4.78 is 7.35. The molecule has 0 aliphatic carbocycles. The highest BCUT2D eigenvalue weighted by Gasteiger charge is 2.10. The molecular weight excluding hydrogens is 246 g/mol. The van der Waals surface area contributed by atoms with Crippen molar-refractivity contribution in [1.29, 1.82) is 0 Å². The Balaban J connectivity index is 2.25. The second-order valence-corrected chi connectivity index (χ2v) is 4.13. The summed E-state index contributed by atoms with van der Waals surface area (Å²) in [5.74, 6) is -0.505. The van der Waals surface area contributed by atoms with Crippen molar-refractivity contribution in [2.24, 2.45) is 0 Å². The predicted molar refractivity (Wildman–Crippen MR) is 69.0 cm³/mol. The Bertz CT molecular complexity index is 832. The summed E-state index contributed by atoms with van der Waals surface area (Å²) in [7, 11) is 1.28. The van der Waals surface area contributed by atoms with Crippen LogP contribution in [0.15, 0.2) is 41.5 Å². The predicted octanol–water partition coefficient (Wildman–Crippen LogP) is 0.822. The number of nitrogens with zero attached hydrogens (tertiary/aromatic N) is 3. The summed E-state index contributed by atoms with van der Waals surface area (Å²) in [5.41, 5.74) is 1.08. The van der Waals surface area contributed by atoms with Gasteiger partial charge in [-0.1, -0.05) is 18.2 Å². The van der Waals surface area contributed by atoms with Crippen molar-refractivity contribution in [3.63, 3.8) is 0 Å². The van der Waals surface area contributed by atoms with Crippen LogP contribution in [0, 0.1) is 0 Å². The van der Waals surface area contributed by atoms with Crippen LogP contribution >= 0.6 is 0 Å². The maximum absolute atomic E-state index is 12.2. The van der Waals surface area contributed by atoms with Gasteiger partial charge >= 0.3 is 5.97 Å². The molecule has 0 aliphatic rings. The Morgan fingerprint density at radius 3 is 2.89 bits per heavy atom. The van der Waals surface area contributed by atoms with E-state index in [-0.39, 0.29) is 12.1 Å². The summed E-state index contributed by atoms with van der Waals surface area (Å²) in [6, 6.07) is 9.42.